The zero-order valence-electron chi connectivity index (χ0n) is 12.0. The van der Waals surface area contributed by atoms with Gasteiger partial charge in [0.15, 0.2) is 0 Å². The van der Waals surface area contributed by atoms with Gasteiger partial charge in [-0.1, -0.05) is 24.3 Å². The standard InChI is InChI=1S/C17H21NS/c1-11-9-13(3)16(10-12(11)2)17(18)14-5-7-15(19-4)8-6-14/h5-10,17H,18H2,1-4H3. The van der Waals surface area contributed by atoms with Crippen LogP contribution in [0.4, 0.5) is 0 Å². The van der Waals surface area contributed by atoms with Crippen molar-refractivity contribution in [2.75, 3.05) is 6.26 Å². The first-order chi connectivity index (χ1) is 9.02. The molecule has 1 unspecified atom stereocenters. The minimum Gasteiger partial charge on any atom is -0.320 e. The second-order valence-corrected chi connectivity index (χ2v) is 5.92. The molecule has 0 aliphatic rings. The van der Waals surface area contributed by atoms with E-state index in [0.29, 0.717) is 0 Å². The van der Waals surface area contributed by atoms with Gasteiger partial charge < -0.3 is 5.73 Å². The van der Waals surface area contributed by atoms with Crippen molar-refractivity contribution in [3.63, 3.8) is 0 Å². The van der Waals surface area contributed by atoms with Crippen LogP contribution in [0.2, 0.25) is 0 Å². The van der Waals surface area contributed by atoms with Crippen LogP contribution in [0.3, 0.4) is 0 Å². The third-order valence-corrected chi connectivity index (χ3v) is 4.44. The van der Waals surface area contributed by atoms with Crippen LogP contribution >= 0.6 is 11.8 Å². The summed E-state index contributed by atoms with van der Waals surface area (Å²) in [5.41, 5.74) is 12.7. The summed E-state index contributed by atoms with van der Waals surface area (Å²) < 4.78 is 0. The lowest BCUT2D eigenvalue weighted by molar-refractivity contribution is 0.857. The van der Waals surface area contributed by atoms with Crippen molar-refractivity contribution in [3.8, 4) is 0 Å². The molecule has 100 valence electrons. The summed E-state index contributed by atoms with van der Waals surface area (Å²) in [4.78, 5) is 1.27. The predicted octanol–water partition coefficient (Wildman–Crippen LogP) is 4.38. The van der Waals surface area contributed by atoms with Crippen LogP contribution in [0.15, 0.2) is 41.3 Å². The number of hydrogen-bond acceptors (Lipinski definition) is 2. The maximum absolute atomic E-state index is 6.42. The van der Waals surface area contributed by atoms with Crippen molar-refractivity contribution in [3.05, 3.63) is 64.2 Å². The molecular weight excluding hydrogens is 250 g/mol. The Bertz CT molecular complexity index is 573. The van der Waals surface area contributed by atoms with E-state index in [9.17, 15) is 0 Å². The molecule has 2 N–H and O–H groups in total. The molecule has 1 nitrogen and oxygen atoms in total. The highest BCUT2D eigenvalue weighted by molar-refractivity contribution is 7.98. The Morgan fingerprint density at radius 1 is 0.895 bits per heavy atom. The van der Waals surface area contributed by atoms with Crippen molar-refractivity contribution in [1.29, 1.82) is 0 Å². The first-order valence-electron chi connectivity index (χ1n) is 6.50. The van der Waals surface area contributed by atoms with Crippen LogP contribution in [0, 0.1) is 20.8 Å². The third-order valence-electron chi connectivity index (χ3n) is 3.69. The predicted molar refractivity (Wildman–Crippen MR) is 84.9 cm³/mol. The van der Waals surface area contributed by atoms with Gasteiger partial charge in [-0.05, 0) is 67.0 Å². The molecule has 0 bridgehead atoms. The minimum atomic E-state index is -0.0461. The lowest BCUT2D eigenvalue weighted by Crippen LogP contribution is -2.13. The van der Waals surface area contributed by atoms with Gasteiger partial charge in [0, 0.05) is 4.90 Å². The van der Waals surface area contributed by atoms with Gasteiger partial charge in [0.25, 0.3) is 0 Å². The molecule has 0 aromatic heterocycles. The van der Waals surface area contributed by atoms with Crippen LogP contribution in [-0.2, 0) is 0 Å². The SMILES string of the molecule is CSc1ccc(C(N)c2cc(C)c(C)cc2C)cc1. The summed E-state index contributed by atoms with van der Waals surface area (Å²) in [5.74, 6) is 0. The van der Waals surface area contributed by atoms with Crippen LogP contribution in [-0.4, -0.2) is 6.26 Å². The summed E-state index contributed by atoms with van der Waals surface area (Å²) >= 11 is 1.75. The molecule has 0 saturated carbocycles. The fraction of sp³-hybridized carbons (Fsp3) is 0.294. The lowest BCUT2D eigenvalue weighted by atomic mass is 9.92. The number of thioether (sulfide) groups is 1. The average Bonchev–Trinajstić information content (AvgIpc) is 2.42. The number of benzene rings is 2. The van der Waals surface area contributed by atoms with Gasteiger partial charge in [0.1, 0.15) is 0 Å². The molecule has 0 radical (unpaired) electrons. The lowest BCUT2D eigenvalue weighted by Gasteiger charge is -2.17. The molecule has 2 heteroatoms. The summed E-state index contributed by atoms with van der Waals surface area (Å²) in [5, 5.41) is 0. The van der Waals surface area contributed by atoms with Crippen molar-refractivity contribution >= 4 is 11.8 Å². The Balaban J connectivity index is 2.37. The fourth-order valence-corrected chi connectivity index (χ4v) is 2.72. The van der Waals surface area contributed by atoms with Gasteiger partial charge in [0.2, 0.25) is 0 Å². The van der Waals surface area contributed by atoms with E-state index in [1.807, 2.05) is 0 Å². The fourth-order valence-electron chi connectivity index (χ4n) is 2.31. The molecular formula is C17H21NS. The molecule has 1 atom stereocenters. The van der Waals surface area contributed by atoms with E-state index < -0.39 is 0 Å². The van der Waals surface area contributed by atoms with E-state index in [1.165, 1.54) is 32.7 Å². The number of aryl methyl sites for hydroxylation is 3. The van der Waals surface area contributed by atoms with Gasteiger partial charge in [-0.3, -0.25) is 0 Å². The monoisotopic (exact) mass is 271 g/mol. The summed E-state index contributed by atoms with van der Waals surface area (Å²) in [6, 6.07) is 12.9. The van der Waals surface area contributed by atoms with Gasteiger partial charge in [-0.15, -0.1) is 11.8 Å². The molecule has 0 aliphatic heterocycles. The average molecular weight is 271 g/mol. The van der Waals surface area contributed by atoms with E-state index in [1.54, 1.807) is 11.8 Å². The van der Waals surface area contributed by atoms with E-state index in [-0.39, 0.29) is 6.04 Å². The molecule has 0 spiro atoms. The van der Waals surface area contributed by atoms with Gasteiger partial charge in [0.05, 0.1) is 6.04 Å². The first kappa shape index (κ1) is 14.2. The van der Waals surface area contributed by atoms with Gasteiger partial charge >= 0.3 is 0 Å². The van der Waals surface area contributed by atoms with Crippen LogP contribution in [0.1, 0.15) is 33.9 Å². The maximum atomic E-state index is 6.42. The van der Waals surface area contributed by atoms with Crippen LogP contribution in [0.25, 0.3) is 0 Å². The second kappa shape index (κ2) is 5.81. The molecule has 0 saturated heterocycles. The molecule has 2 aromatic rings. The molecule has 2 rings (SSSR count). The highest BCUT2D eigenvalue weighted by atomic mass is 32.2. The Kier molecular flexibility index (Phi) is 4.33. The Hall–Kier alpha value is -1.25. The molecule has 0 heterocycles. The Labute approximate surface area is 120 Å². The molecule has 2 aromatic carbocycles. The van der Waals surface area contributed by atoms with E-state index >= 15 is 0 Å². The van der Waals surface area contributed by atoms with Gasteiger partial charge in [-0.25, -0.2) is 0 Å². The third kappa shape index (κ3) is 3.02. The van der Waals surface area contributed by atoms with Crippen LogP contribution < -0.4 is 5.73 Å². The number of hydrogen-bond donors (Lipinski definition) is 1. The topological polar surface area (TPSA) is 26.0 Å². The van der Waals surface area contributed by atoms with E-state index in [2.05, 4.69) is 63.4 Å². The first-order valence-corrected chi connectivity index (χ1v) is 7.72. The molecule has 0 aliphatic carbocycles. The summed E-state index contributed by atoms with van der Waals surface area (Å²) in [6.07, 6.45) is 2.09. The van der Waals surface area contributed by atoms with E-state index in [0.717, 1.165) is 0 Å². The van der Waals surface area contributed by atoms with Crippen molar-refractivity contribution in [1.82, 2.24) is 0 Å². The highest BCUT2D eigenvalue weighted by Crippen LogP contribution is 2.26. The van der Waals surface area contributed by atoms with Crippen molar-refractivity contribution in [2.45, 2.75) is 31.7 Å². The highest BCUT2D eigenvalue weighted by Gasteiger charge is 2.12. The Morgan fingerprint density at radius 2 is 1.47 bits per heavy atom. The molecule has 0 amide bonds. The smallest absolute Gasteiger partial charge is 0.0554 e. The molecule has 0 fully saturated rings. The van der Waals surface area contributed by atoms with E-state index in [4.69, 9.17) is 5.73 Å². The number of nitrogens with two attached hydrogens (primary N) is 1. The van der Waals surface area contributed by atoms with Crippen LogP contribution in [0.5, 0.6) is 0 Å². The van der Waals surface area contributed by atoms with Crippen molar-refractivity contribution in [2.24, 2.45) is 5.73 Å². The quantitative estimate of drug-likeness (QED) is 0.838. The molecule has 19 heavy (non-hydrogen) atoms. The second-order valence-electron chi connectivity index (χ2n) is 5.04. The largest absolute Gasteiger partial charge is 0.320 e. The van der Waals surface area contributed by atoms with Crippen molar-refractivity contribution < 1.29 is 0 Å². The normalized spacial score (nSPS) is 12.5. The minimum absolute atomic E-state index is 0.0461. The maximum Gasteiger partial charge on any atom is 0.0554 e. The van der Waals surface area contributed by atoms with Gasteiger partial charge in [-0.2, -0.15) is 0 Å². The zero-order valence-corrected chi connectivity index (χ0v) is 12.8. The Morgan fingerprint density at radius 3 is 2.05 bits per heavy atom. The summed E-state index contributed by atoms with van der Waals surface area (Å²) in [6.45, 7) is 6.42. The zero-order chi connectivity index (χ0) is 14.0. The number of rotatable bonds is 3. The summed E-state index contributed by atoms with van der Waals surface area (Å²) in [7, 11) is 0.